The summed E-state index contributed by atoms with van der Waals surface area (Å²) in [4.78, 5) is 13.5. The maximum Gasteiger partial charge on any atom is 0.312 e. The maximum atomic E-state index is 11.4. The van der Waals surface area contributed by atoms with Gasteiger partial charge in [-0.3, -0.25) is 9.69 Å². The number of fused-ring (bicyclic) bond motifs is 1. The van der Waals surface area contributed by atoms with Crippen LogP contribution in [0.3, 0.4) is 0 Å². The van der Waals surface area contributed by atoms with E-state index >= 15 is 0 Å². The van der Waals surface area contributed by atoms with E-state index in [0.29, 0.717) is 13.2 Å². The monoisotopic (exact) mass is 263 g/mol. The van der Waals surface area contributed by atoms with Crippen molar-refractivity contribution in [3.05, 3.63) is 35.4 Å². The molecule has 1 atom stereocenters. The number of hydrogen-bond acceptors (Lipinski definition) is 3. The Bertz CT molecular complexity index is 445. The highest BCUT2D eigenvalue weighted by molar-refractivity contribution is 5.77. The van der Waals surface area contributed by atoms with Crippen molar-refractivity contribution in [3.8, 4) is 0 Å². The van der Waals surface area contributed by atoms with Crippen LogP contribution >= 0.6 is 0 Å². The lowest BCUT2D eigenvalue weighted by molar-refractivity contribution is -0.139. The lowest BCUT2D eigenvalue weighted by Crippen LogP contribution is -2.38. The molecule has 0 saturated carbocycles. The van der Waals surface area contributed by atoms with E-state index in [4.69, 9.17) is 4.74 Å². The molecule has 0 spiro atoms. The molecule has 0 aromatic heterocycles. The second-order valence-electron chi connectivity index (χ2n) is 5.24. The average molecular weight is 263 g/mol. The summed E-state index contributed by atoms with van der Waals surface area (Å²) in [5.41, 5.74) is 2.07. The number of nitrogens with zero attached hydrogens (tertiary/aromatic N) is 1. The predicted molar refractivity (Wildman–Crippen MR) is 73.2 cm³/mol. The molecule has 0 saturated heterocycles. The molecular formula is C15H21NO3. The lowest BCUT2D eigenvalue weighted by atomic mass is 9.90. The van der Waals surface area contributed by atoms with Crippen LogP contribution in [0.2, 0.25) is 0 Å². The van der Waals surface area contributed by atoms with Gasteiger partial charge in [0.05, 0.1) is 18.6 Å². The van der Waals surface area contributed by atoms with E-state index in [-0.39, 0.29) is 6.10 Å². The summed E-state index contributed by atoms with van der Waals surface area (Å²) in [6, 6.07) is 7.81. The molecule has 104 valence electrons. The van der Waals surface area contributed by atoms with Gasteiger partial charge in [0, 0.05) is 19.6 Å². The fraction of sp³-hybridized carbons (Fsp3) is 0.533. The van der Waals surface area contributed by atoms with Crippen molar-refractivity contribution in [2.75, 3.05) is 19.7 Å². The average Bonchev–Trinajstić information content (AvgIpc) is 2.37. The van der Waals surface area contributed by atoms with E-state index in [1.807, 2.05) is 38.1 Å². The van der Waals surface area contributed by atoms with Crippen LogP contribution in [-0.2, 0) is 16.1 Å². The van der Waals surface area contributed by atoms with Crippen LogP contribution in [0.4, 0.5) is 0 Å². The summed E-state index contributed by atoms with van der Waals surface area (Å²) in [5.74, 6) is -1.18. The van der Waals surface area contributed by atoms with Crippen LogP contribution in [-0.4, -0.2) is 41.8 Å². The topological polar surface area (TPSA) is 49.8 Å². The highest BCUT2D eigenvalue weighted by Crippen LogP contribution is 2.28. The van der Waals surface area contributed by atoms with Gasteiger partial charge in [-0.05, 0) is 25.0 Å². The first-order valence-electron chi connectivity index (χ1n) is 6.72. The van der Waals surface area contributed by atoms with E-state index in [2.05, 4.69) is 4.90 Å². The third kappa shape index (κ3) is 3.55. The summed E-state index contributed by atoms with van der Waals surface area (Å²) >= 11 is 0. The molecule has 0 amide bonds. The molecule has 1 N–H and O–H groups in total. The van der Waals surface area contributed by atoms with Crippen LogP contribution in [0.1, 0.15) is 30.9 Å². The lowest BCUT2D eigenvalue weighted by Gasteiger charge is -2.32. The van der Waals surface area contributed by atoms with Crippen molar-refractivity contribution >= 4 is 5.97 Å². The smallest absolute Gasteiger partial charge is 0.312 e. The van der Waals surface area contributed by atoms with E-state index in [0.717, 1.165) is 24.2 Å². The Hall–Kier alpha value is -1.39. The molecule has 0 radical (unpaired) electrons. The zero-order valence-corrected chi connectivity index (χ0v) is 11.5. The molecule has 1 aromatic rings. The van der Waals surface area contributed by atoms with Crippen molar-refractivity contribution in [2.45, 2.75) is 32.4 Å². The van der Waals surface area contributed by atoms with E-state index in [1.165, 1.54) is 0 Å². The number of ether oxygens (including phenoxy) is 1. The van der Waals surface area contributed by atoms with Crippen LogP contribution in [0.15, 0.2) is 24.3 Å². The third-order valence-corrected chi connectivity index (χ3v) is 3.42. The van der Waals surface area contributed by atoms with E-state index < -0.39 is 11.9 Å². The van der Waals surface area contributed by atoms with Gasteiger partial charge in [0.2, 0.25) is 0 Å². The van der Waals surface area contributed by atoms with E-state index in [1.54, 1.807) is 0 Å². The molecule has 1 aromatic carbocycles. The van der Waals surface area contributed by atoms with Gasteiger partial charge in [0.1, 0.15) is 0 Å². The zero-order chi connectivity index (χ0) is 13.8. The molecule has 0 aliphatic carbocycles. The van der Waals surface area contributed by atoms with Crippen LogP contribution in [0.25, 0.3) is 0 Å². The summed E-state index contributed by atoms with van der Waals surface area (Å²) in [5, 5.41) is 9.36. The molecular weight excluding hydrogens is 242 g/mol. The minimum Gasteiger partial charge on any atom is -0.481 e. The molecule has 2 rings (SSSR count). The van der Waals surface area contributed by atoms with Gasteiger partial charge in [-0.1, -0.05) is 24.3 Å². The Morgan fingerprint density at radius 1 is 1.47 bits per heavy atom. The highest BCUT2D eigenvalue weighted by atomic mass is 16.5. The fourth-order valence-electron chi connectivity index (χ4n) is 2.48. The van der Waals surface area contributed by atoms with Crippen LogP contribution < -0.4 is 0 Å². The summed E-state index contributed by atoms with van der Waals surface area (Å²) in [6.07, 6.45) is 0.215. The van der Waals surface area contributed by atoms with Gasteiger partial charge < -0.3 is 9.84 Å². The van der Waals surface area contributed by atoms with Crippen molar-refractivity contribution in [1.29, 1.82) is 0 Å². The number of carboxylic acids is 1. The quantitative estimate of drug-likeness (QED) is 0.884. The highest BCUT2D eigenvalue weighted by Gasteiger charge is 2.29. The minimum atomic E-state index is -0.748. The molecule has 1 unspecified atom stereocenters. The molecule has 1 aliphatic heterocycles. The SMILES string of the molecule is CC(C)OCCN1Cc2ccccc2C(C(=O)O)C1. The predicted octanol–water partition coefficient (Wildman–Crippen LogP) is 2.10. The third-order valence-electron chi connectivity index (χ3n) is 3.42. The standard InChI is InChI=1S/C15H21NO3/c1-11(2)19-8-7-16-9-12-5-3-4-6-13(12)14(10-16)15(17)18/h3-6,11,14H,7-10H2,1-2H3,(H,17,18). The van der Waals surface area contributed by atoms with Crippen molar-refractivity contribution in [1.82, 2.24) is 4.90 Å². The van der Waals surface area contributed by atoms with Gasteiger partial charge in [-0.15, -0.1) is 0 Å². The molecule has 1 heterocycles. The summed E-state index contributed by atoms with van der Waals surface area (Å²) in [6.45, 7) is 6.80. The molecule has 0 fully saturated rings. The number of benzene rings is 1. The number of carboxylic acid groups (broad SMARTS) is 1. The van der Waals surface area contributed by atoms with Crippen molar-refractivity contribution in [3.63, 3.8) is 0 Å². The first kappa shape index (κ1) is 14.0. The van der Waals surface area contributed by atoms with Gasteiger partial charge in [-0.2, -0.15) is 0 Å². The number of hydrogen-bond donors (Lipinski definition) is 1. The van der Waals surface area contributed by atoms with Crippen LogP contribution in [0, 0.1) is 0 Å². The first-order valence-corrected chi connectivity index (χ1v) is 6.72. The molecule has 1 aliphatic rings. The van der Waals surface area contributed by atoms with Crippen molar-refractivity contribution < 1.29 is 14.6 Å². The molecule has 0 bridgehead atoms. The van der Waals surface area contributed by atoms with Gasteiger partial charge >= 0.3 is 5.97 Å². The Morgan fingerprint density at radius 3 is 2.89 bits per heavy atom. The molecule has 19 heavy (non-hydrogen) atoms. The summed E-state index contributed by atoms with van der Waals surface area (Å²) in [7, 11) is 0. The summed E-state index contributed by atoms with van der Waals surface area (Å²) < 4.78 is 5.54. The first-order chi connectivity index (χ1) is 9.08. The van der Waals surface area contributed by atoms with Crippen molar-refractivity contribution in [2.24, 2.45) is 0 Å². The second-order valence-corrected chi connectivity index (χ2v) is 5.24. The van der Waals surface area contributed by atoms with Gasteiger partial charge in [0.15, 0.2) is 0 Å². The Labute approximate surface area is 114 Å². The number of carbonyl (C=O) groups is 1. The normalized spacial score (nSPS) is 19.4. The van der Waals surface area contributed by atoms with E-state index in [9.17, 15) is 9.90 Å². The largest absolute Gasteiger partial charge is 0.481 e. The molecule has 4 heteroatoms. The van der Waals surface area contributed by atoms with Gasteiger partial charge in [-0.25, -0.2) is 0 Å². The number of aliphatic carboxylic acids is 1. The Morgan fingerprint density at radius 2 is 2.21 bits per heavy atom. The molecule has 4 nitrogen and oxygen atoms in total. The van der Waals surface area contributed by atoms with Gasteiger partial charge in [0.25, 0.3) is 0 Å². The maximum absolute atomic E-state index is 11.4. The Kier molecular flexibility index (Phi) is 4.56. The second kappa shape index (κ2) is 6.17. The Balaban J connectivity index is 2.05. The fourth-order valence-corrected chi connectivity index (χ4v) is 2.48. The zero-order valence-electron chi connectivity index (χ0n) is 11.5. The van der Waals surface area contributed by atoms with Crippen LogP contribution in [0.5, 0.6) is 0 Å². The number of rotatable bonds is 5. The minimum absolute atomic E-state index is 0.215.